The molecule has 3 heterocycles. The van der Waals surface area contributed by atoms with Crippen LogP contribution in [0, 0.1) is 0 Å². The minimum absolute atomic E-state index is 0.317. The Bertz CT molecular complexity index is 685. The van der Waals surface area contributed by atoms with Gasteiger partial charge >= 0.3 is 0 Å². The average Bonchev–Trinajstić information content (AvgIpc) is 2.98. The lowest BCUT2D eigenvalue weighted by Crippen LogP contribution is -1.99. The van der Waals surface area contributed by atoms with Crippen molar-refractivity contribution in [2.45, 2.75) is 19.8 Å². The maximum Gasteiger partial charge on any atom is 0.243 e. The fourth-order valence-electron chi connectivity index (χ4n) is 1.87. The Morgan fingerprint density at radius 1 is 1.33 bits per heavy atom. The van der Waals surface area contributed by atoms with Gasteiger partial charge in [-0.1, -0.05) is 13.3 Å². The summed E-state index contributed by atoms with van der Waals surface area (Å²) in [6, 6.07) is 6.01. The van der Waals surface area contributed by atoms with Gasteiger partial charge in [0.25, 0.3) is 0 Å². The van der Waals surface area contributed by atoms with Crippen LogP contribution in [-0.4, -0.2) is 19.8 Å². The van der Waals surface area contributed by atoms with Crippen molar-refractivity contribution in [3.05, 3.63) is 29.1 Å². The summed E-state index contributed by atoms with van der Waals surface area (Å²) in [5.41, 5.74) is 8.64. The standard InChI is InChI=1S/C12H13N5S/c1-2-3-8-6-10(18-7-8)9-4-5-11-14-15-12(13)17(11)16-9/h4-7H,2-3H2,1H3,(H2,13,15). The van der Waals surface area contributed by atoms with E-state index in [1.54, 1.807) is 15.9 Å². The zero-order valence-electron chi connectivity index (χ0n) is 10.00. The van der Waals surface area contributed by atoms with Crippen molar-refractivity contribution in [1.82, 2.24) is 19.8 Å². The van der Waals surface area contributed by atoms with Crippen LogP contribution in [-0.2, 0) is 6.42 Å². The van der Waals surface area contributed by atoms with E-state index >= 15 is 0 Å². The van der Waals surface area contributed by atoms with Crippen molar-refractivity contribution in [1.29, 1.82) is 0 Å². The van der Waals surface area contributed by atoms with Crippen LogP contribution in [0.2, 0.25) is 0 Å². The van der Waals surface area contributed by atoms with Gasteiger partial charge in [0, 0.05) is 0 Å². The molecule has 6 heteroatoms. The Hall–Kier alpha value is -1.95. The Balaban J connectivity index is 2.04. The number of rotatable bonds is 3. The zero-order chi connectivity index (χ0) is 12.5. The first-order chi connectivity index (χ1) is 8.78. The van der Waals surface area contributed by atoms with Crippen molar-refractivity contribution in [3.8, 4) is 10.6 Å². The molecule has 0 radical (unpaired) electrons. The van der Waals surface area contributed by atoms with E-state index in [2.05, 4.69) is 33.7 Å². The van der Waals surface area contributed by atoms with E-state index in [0.717, 1.165) is 23.4 Å². The van der Waals surface area contributed by atoms with E-state index in [4.69, 9.17) is 5.73 Å². The molecule has 0 bridgehead atoms. The summed E-state index contributed by atoms with van der Waals surface area (Å²) < 4.78 is 1.56. The Morgan fingerprint density at radius 3 is 3.06 bits per heavy atom. The third-order valence-electron chi connectivity index (χ3n) is 2.73. The molecule has 0 unspecified atom stereocenters. The van der Waals surface area contributed by atoms with Crippen molar-refractivity contribution in [2.75, 3.05) is 5.73 Å². The van der Waals surface area contributed by atoms with Gasteiger partial charge in [-0.2, -0.15) is 9.61 Å². The van der Waals surface area contributed by atoms with Crippen molar-refractivity contribution < 1.29 is 0 Å². The number of anilines is 1. The second kappa shape index (κ2) is 4.38. The fourth-order valence-corrected chi connectivity index (χ4v) is 2.78. The number of aryl methyl sites for hydroxylation is 1. The summed E-state index contributed by atoms with van der Waals surface area (Å²) in [5.74, 6) is 0.317. The number of thiophene rings is 1. The molecule has 18 heavy (non-hydrogen) atoms. The van der Waals surface area contributed by atoms with Gasteiger partial charge in [-0.3, -0.25) is 0 Å². The molecule has 0 saturated heterocycles. The molecule has 2 N–H and O–H groups in total. The maximum absolute atomic E-state index is 5.71. The quantitative estimate of drug-likeness (QED) is 0.784. The molecule has 5 nitrogen and oxygen atoms in total. The highest BCUT2D eigenvalue weighted by atomic mass is 32.1. The van der Waals surface area contributed by atoms with Crippen LogP contribution in [0.1, 0.15) is 18.9 Å². The molecule has 0 aliphatic rings. The van der Waals surface area contributed by atoms with Crippen LogP contribution in [0.5, 0.6) is 0 Å². The molecule has 3 aromatic heterocycles. The summed E-state index contributed by atoms with van der Waals surface area (Å²) in [4.78, 5) is 1.15. The van der Waals surface area contributed by atoms with Crippen LogP contribution in [0.15, 0.2) is 23.6 Å². The third-order valence-corrected chi connectivity index (χ3v) is 3.73. The molecular weight excluding hydrogens is 246 g/mol. The summed E-state index contributed by atoms with van der Waals surface area (Å²) in [7, 11) is 0. The van der Waals surface area contributed by atoms with Crippen LogP contribution >= 0.6 is 11.3 Å². The molecule has 0 atom stereocenters. The summed E-state index contributed by atoms with van der Waals surface area (Å²) in [6.07, 6.45) is 2.26. The topological polar surface area (TPSA) is 69.1 Å². The number of hydrogen-bond acceptors (Lipinski definition) is 5. The van der Waals surface area contributed by atoms with Crippen LogP contribution in [0.4, 0.5) is 5.95 Å². The van der Waals surface area contributed by atoms with Gasteiger partial charge in [-0.15, -0.1) is 21.5 Å². The van der Waals surface area contributed by atoms with E-state index in [-0.39, 0.29) is 0 Å². The van der Waals surface area contributed by atoms with Crippen LogP contribution in [0.25, 0.3) is 16.2 Å². The molecule has 0 aliphatic carbocycles. The first-order valence-corrected chi connectivity index (χ1v) is 6.71. The van der Waals surface area contributed by atoms with Gasteiger partial charge in [0.15, 0.2) is 5.65 Å². The van der Waals surface area contributed by atoms with Gasteiger partial charge in [-0.25, -0.2) is 0 Å². The van der Waals surface area contributed by atoms with Gasteiger partial charge in [0.2, 0.25) is 5.95 Å². The number of fused-ring (bicyclic) bond motifs is 1. The van der Waals surface area contributed by atoms with Gasteiger partial charge in [0.05, 0.1) is 4.88 Å². The minimum atomic E-state index is 0.317. The van der Waals surface area contributed by atoms with E-state index in [1.807, 2.05) is 12.1 Å². The molecule has 0 aromatic carbocycles. The number of nitrogens with two attached hydrogens (primary N) is 1. The molecule has 0 aliphatic heterocycles. The lowest BCUT2D eigenvalue weighted by Gasteiger charge is -1.98. The SMILES string of the molecule is CCCc1csc(-c2ccc3nnc(N)n3n2)c1. The number of nitrogen functional groups attached to an aromatic ring is 1. The minimum Gasteiger partial charge on any atom is -0.366 e. The monoisotopic (exact) mass is 259 g/mol. The molecule has 0 fully saturated rings. The highest BCUT2D eigenvalue weighted by Gasteiger charge is 2.07. The van der Waals surface area contributed by atoms with Crippen LogP contribution in [0.3, 0.4) is 0 Å². The Kier molecular flexibility index (Phi) is 2.71. The van der Waals surface area contributed by atoms with Crippen LogP contribution < -0.4 is 5.73 Å². The lowest BCUT2D eigenvalue weighted by molar-refractivity contribution is 0.925. The largest absolute Gasteiger partial charge is 0.366 e. The predicted octanol–water partition coefficient (Wildman–Crippen LogP) is 2.39. The number of hydrogen-bond donors (Lipinski definition) is 1. The van der Waals surface area contributed by atoms with Gasteiger partial charge in [0.1, 0.15) is 5.69 Å². The molecule has 3 rings (SSSR count). The van der Waals surface area contributed by atoms with E-state index in [9.17, 15) is 0 Å². The summed E-state index contributed by atoms with van der Waals surface area (Å²) in [5, 5.41) is 14.3. The maximum atomic E-state index is 5.71. The molecule has 3 aromatic rings. The average molecular weight is 259 g/mol. The second-order valence-electron chi connectivity index (χ2n) is 4.12. The van der Waals surface area contributed by atoms with E-state index in [1.165, 1.54) is 5.56 Å². The van der Waals surface area contributed by atoms with E-state index in [0.29, 0.717) is 11.6 Å². The normalized spacial score (nSPS) is 11.2. The highest BCUT2D eigenvalue weighted by Crippen LogP contribution is 2.26. The summed E-state index contributed by atoms with van der Waals surface area (Å²) >= 11 is 1.70. The molecule has 92 valence electrons. The second-order valence-corrected chi connectivity index (χ2v) is 5.03. The van der Waals surface area contributed by atoms with E-state index < -0.39 is 0 Å². The lowest BCUT2D eigenvalue weighted by atomic mass is 10.2. The summed E-state index contributed by atoms with van der Waals surface area (Å²) in [6.45, 7) is 2.18. The molecule has 0 spiro atoms. The third kappa shape index (κ3) is 1.84. The molecule has 0 saturated carbocycles. The smallest absolute Gasteiger partial charge is 0.243 e. The highest BCUT2D eigenvalue weighted by molar-refractivity contribution is 7.13. The number of aromatic nitrogens is 4. The number of nitrogens with zero attached hydrogens (tertiary/aromatic N) is 4. The van der Waals surface area contributed by atoms with Crippen molar-refractivity contribution in [3.63, 3.8) is 0 Å². The van der Waals surface area contributed by atoms with Gasteiger partial charge < -0.3 is 5.73 Å². The predicted molar refractivity (Wildman–Crippen MR) is 72.5 cm³/mol. The Morgan fingerprint density at radius 2 is 2.22 bits per heavy atom. The van der Waals surface area contributed by atoms with Crippen molar-refractivity contribution >= 4 is 22.9 Å². The van der Waals surface area contributed by atoms with Crippen molar-refractivity contribution in [2.24, 2.45) is 0 Å². The Labute approximate surface area is 108 Å². The zero-order valence-corrected chi connectivity index (χ0v) is 10.8. The molecular formula is C12H13N5S. The first-order valence-electron chi connectivity index (χ1n) is 5.83. The fraction of sp³-hybridized carbons (Fsp3) is 0.250. The molecule has 0 amide bonds. The first kappa shape index (κ1) is 11.2. The van der Waals surface area contributed by atoms with Gasteiger partial charge in [-0.05, 0) is 35.6 Å².